The predicted octanol–water partition coefficient (Wildman–Crippen LogP) is 4.69. The molecule has 30 heavy (non-hydrogen) atoms. The SMILES string of the molecule is COc1ccc(C(=O)NCc2nc3ccccc3n2C/C=C/c2ccccc2)cc1. The molecule has 0 aliphatic rings. The van der Waals surface area contributed by atoms with Crippen molar-refractivity contribution in [3.05, 3.63) is 102 Å². The molecule has 1 heterocycles. The monoisotopic (exact) mass is 397 g/mol. The first-order valence-corrected chi connectivity index (χ1v) is 9.82. The number of amides is 1. The number of rotatable bonds is 7. The first-order valence-electron chi connectivity index (χ1n) is 9.82. The lowest BCUT2D eigenvalue weighted by atomic mass is 10.2. The number of ether oxygens (including phenoxy) is 1. The number of hydrogen-bond donors (Lipinski definition) is 1. The van der Waals surface area contributed by atoms with E-state index in [2.05, 4.69) is 34.2 Å². The molecule has 150 valence electrons. The maximum absolute atomic E-state index is 12.5. The second kappa shape index (κ2) is 9.09. The van der Waals surface area contributed by atoms with E-state index in [1.165, 1.54) is 0 Å². The van der Waals surface area contributed by atoms with Crippen molar-refractivity contribution in [3.63, 3.8) is 0 Å². The zero-order chi connectivity index (χ0) is 20.8. The van der Waals surface area contributed by atoms with Crippen molar-refractivity contribution in [1.82, 2.24) is 14.9 Å². The second-order valence-electron chi connectivity index (χ2n) is 6.85. The quantitative estimate of drug-likeness (QED) is 0.492. The lowest BCUT2D eigenvalue weighted by Crippen LogP contribution is -2.24. The molecule has 1 amide bonds. The van der Waals surface area contributed by atoms with Gasteiger partial charge in [-0.3, -0.25) is 4.79 Å². The van der Waals surface area contributed by atoms with Gasteiger partial charge in [0.05, 0.1) is 24.7 Å². The predicted molar refractivity (Wildman–Crippen MR) is 119 cm³/mol. The Bertz CT molecular complexity index is 1160. The largest absolute Gasteiger partial charge is 0.497 e. The van der Waals surface area contributed by atoms with Gasteiger partial charge < -0.3 is 14.6 Å². The highest BCUT2D eigenvalue weighted by Crippen LogP contribution is 2.17. The standard InChI is InChI=1S/C25H23N3O2/c1-30-21-15-13-20(14-16-21)25(29)26-18-24-27-22-11-5-6-12-23(22)28(24)17-7-10-19-8-3-2-4-9-19/h2-16H,17-18H2,1H3,(H,26,29)/b10-7+. The maximum atomic E-state index is 12.5. The Morgan fingerprint density at radius 1 is 1.00 bits per heavy atom. The molecule has 0 saturated heterocycles. The molecule has 1 N–H and O–H groups in total. The van der Waals surface area contributed by atoms with Crippen LogP contribution in [0.4, 0.5) is 0 Å². The average molecular weight is 397 g/mol. The normalized spacial score (nSPS) is 11.1. The molecular formula is C25H23N3O2. The molecule has 0 aliphatic heterocycles. The van der Waals surface area contributed by atoms with Crippen LogP contribution in [0.3, 0.4) is 0 Å². The van der Waals surface area contributed by atoms with Crippen molar-refractivity contribution in [1.29, 1.82) is 0 Å². The minimum atomic E-state index is -0.143. The van der Waals surface area contributed by atoms with Crippen LogP contribution in [-0.4, -0.2) is 22.6 Å². The Morgan fingerprint density at radius 2 is 1.73 bits per heavy atom. The summed E-state index contributed by atoms with van der Waals surface area (Å²) in [6, 6.07) is 25.2. The van der Waals surface area contributed by atoms with Crippen LogP contribution in [0.2, 0.25) is 0 Å². The van der Waals surface area contributed by atoms with E-state index >= 15 is 0 Å². The number of aromatic nitrogens is 2. The van der Waals surface area contributed by atoms with E-state index in [-0.39, 0.29) is 5.91 Å². The van der Waals surface area contributed by atoms with E-state index in [4.69, 9.17) is 9.72 Å². The number of para-hydroxylation sites is 2. The van der Waals surface area contributed by atoms with Gasteiger partial charge >= 0.3 is 0 Å². The van der Waals surface area contributed by atoms with Crippen LogP contribution in [0.15, 0.2) is 84.9 Å². The summed E-state index contributed by atoms with van der Waals surface area (Å²) in [4.78, 5) is 17.3. The average Bonchev–Trinajstić information content (AvgIpc) is 3.16. The molecule has 5 heteroatoms. The number of nitrogens with zero attached hydrogens (tertiary/aromatic N) is 2. The van der Waals surface area contributed by atoms with Crippen molar-refractivity contribution >= 4 is 23.0 Å². The van der Waals surface area contributed by atoms with E-state index in [1.54, 1.807) is 31.4 Å². The Hall–Kier alpha value is -3.86. The summed E-state index contributed by atoms with van der Waals surface area (Å²) in [5, 5.41) is 2.98. The van der Waals surface area contributed by atoms with Crippen LogP contribution in [0.25, 0.3) is 17.1 Å². The fourth-order valence-corrected chi connectivity index (χ4v) is 3.33. The number of carbonyl (C=O) groups is 1. The summed E-state index contributed by atoms with van der Waals surface area (Å²) in [7, 11) is 1.60. The highest BCUT2D eigenvalue weighted by Gasteiger charge is 2.12. The van der Waals surface area contributed by atoms with Crippen LogP contribution in [-0.2, 0) is 13.1 Å². The molecule has 0 unspecified atom stereocenters. The van der Waals surface area contributed by atoms with Crippen LogP contribution >= 0.6 is 0 Å². The molecule has 0 fully saturated rings. The lowest BCUT2D eigenvalue weighted by molar-refractivity contribution is 0.0949. The highest BCUT2D eigenvalue weighted by atomic mass is 16.5. The molecule has 5 nitrogen and oxygen atoms in total. The number of hydrogen-bond acceptors (Lipinski definition) is 3. The third-order valence-corrected chi connectivity index (χ3v) is 4.89. The summed E-state index contributed by atoms with van der Waals surface area (Å²) in [6.45, 7) is 1.02. The molecule has 0 saturated carbocycles. The van der Waals surface area contributed by atoms with Gasteiger partial charge in [-0.15, -0.1) is 0 Å². The lowest BCUT2D eigenvalue weighted by Gasteiger charge is -2.09. The summed E-state index contributed by atoms with van der Waals surface area (Å²) >= 11 is 0. The van der Waals surface area contributed by atoms with E-state index in [0.717, 1.165) is 28.2 Å². The second-order valence-corrected chi connectivity index (χ2v) is 6.85. The van der Waals surface area contributed by atoms with Crippen molar-refractivity contribution in [3.8, 4) is 5.75 Å². The smallest absolute Gasteiger partial charge is 0.251 e. The number of benzene rings is 3. The fourth-order valence-electron chi connectivity index (χ4n) is 3.33. The van der Waals surface area contributed by atoms with Gasteiger partial charge in [-0.1, -0.05) is 54.6 Å². The minimum absolute atomic E-state index is 0.143. The number of nitrogens with one attached hydrogen (secondary N) is 1. The molecule has 0 bridgehead atoms. The number of methoxy groups -OCH3 is 1. The topological polar surface area (TPSA) is 56.1 Å². The third-order valence-electron chi connectivity index (χ3n) is 4.89. The molecular weight excluding hydrogens is 374 g/mol. The first kappa shape index (κ1) is 19.5. The van der Waals surface area contributed by atoms with Crippen molar-refractivity contribution < 1.29 is 9.53 Å². The van der Waals surface area contributed by atoms with Gasteiger partial charge in [-0.25, -0.2) is 4.98 Å². The summed E-state index contributed by atoms with van der Waals surface area (Å²) in [6.07, 6.45) is 4.20. The molecule has 0 aliphatic carbocycles. The summed E-state index contributed by atoms with van der Waals surface area (Å²) in [5.74, 6) is 1.39. The summed E-state index contributed by atoms with van der Waals surface area (Å²) < 4.78 is 7.27. The van der Waals surface area contributed by atoms with Crippen molar-refractivity contribution in [2.45, 2.75) is 13.1 Å². The summed E-state index contributed by atoms with van der Waals surface area (Å²) in [5.41, 5.74) is 3.70. The van der Waals surface area contributed by atoms with E-state index < -0.39 is 0 Å². The zero-order valence-corrected chi connectivity index (χ0v) is 16.8. The Morgan fingerprint density at radius 3 is 2.50 bits per heavy atom. The van der Waals surface area contributed by atoms with Gasteiger partial charge in [0, 0.05) is 12.1 Å². The van der Waals surface area contributed by atoms with Crippen LogP contribution in [0.1, 0.15) is 21.7 Å². The number of imidazole rings is 1. The first-order chi connectivity index (χ1) is 14.7. The Labute approximate surface area is 175 Å². The zero-order valence-electron chi connectivity index (χ0n) is 16.8. The molecule has 3 aromatic carbocycles. The van der Waals surface area contributed by atoms with Crippen LogP contribution < -0.4 is 10.1 Å². The van der Waals surface area contributed by atoms with Gasteiger partial charge in [0.2, 0.25) is 0 Å². The van der Waals surface area contributed by atoms with E-state index in [1.807, 2.05) is 42.5 Å². The van der Waals surface area contributed by atoms with Gasteiger partial charge in [0.25, 0.3) is 5.91 Å². The molecule has 1 aromatic heterocycles. The van der Waals surface area contributed by atoms with Crippen LogP contribution in [0.5, 0.6) is 5.75 Å². The minimum Gasteiger partial charge on any atom is -0.497 e. The molecule has 0 radical (unpaired) electrons. The van der Waals surface area contributed by atoms with Crippen molar-refractivity contribution in [2.75, 3.05) is 7.11 Å². The molecule has 4 aromatic rings. The van der Waals surface area contributed by atoms with Gasteiger partial charge in [0.15, 0.2) is 0 Å². The molecule has 4 rings (SSSR count). The number of fused-ring (bicyclic) bond motifs is 1. The van der Waals surface area contributed by atoms with E-state index in [0.29, 0.717) is 18.7 Å². The fraction of sp³-hybridized carbons (Fsp3) is 0.120. The van der Waals surface area contributed by atoms with Crippen LogP contribution in [0, 0.1) is 0 Å². The van der Waals surface area contributed by atoms with Gasteiger partial charge in [-0.2, -0.15) is 0 Å². The van der Waals surface area contributed by atoms with E-state index in [9.17, 15) is 4.79 Å². The molecule has 0 spiro atoms. The van der Waals surface area contributed by atoms with Gasteiger partial charge in [0.1, 0.15) is 11.6 Å². The Kier molecular flexibility index (Phi) is 5.90. The number of allylic oxidation sites excluding steroid dienone is 1. The number of carbonyl (C=O) groups excluding carboxylic acids is 1. The highest BCUT2D eigenvalue weighted by molar-refractivity contribution is 5.94. The third kappa shape index (κ3) is 4.41. The van der Waals surface area contributed by atoms with Gasteiger partial charge in [-0.05, 0) is 42.0 Å². The molecule has 0 atom stereocenters. The Balaban J connectivity index is 1.52. The maximum Gasteiger partial charge on any atom is 0.251 e. The van der Waals surface area contributed by atoms with Crippen molar-refractivity contribution in [2.24, 2.45) is 0 Å².